The number of rotatable bonds is 4. The monoisotopic (exact) mass is 259 g/mol. The first kappa shape index (κ1) is 10.8. The molecular formula is C8H7BrFN3O. The quantitative estimate of drug-likeness (QED) is 0.354. The number of azide groups is 1. The lowest BCUT2D eigenvalue weighted by atomic mass is 10.3. The zero-order valence-electron chi connectivity index (χ0n) is 7.15. The van der Waals surface area contributed by atoms with Crippen molar-refractivity contribution in [3.63, 3.8) is 0 Å². The zero-order valence-corrected chi connectivity index (χ0v) is 8.74. The summed E-state index contributed by atoms with van der Waals surface area (Å²) in [5.41, 5.74) is 8.00. The summed E-state index contributed by atoms with van der Waals surface area (Å²) < 4.78 is 18.6. The van der Waals surface area contributed by atoms with Gasteiger partial charge in [-0.05, 0) is 33.6 Å². The smallest absolute Gasteiger partial charge is 0.136 e. The average molecular weight is 260 g/mol. The van der Waals surface area contributed by atoms with Crippen LogP contribution in [0, 0.1) is 5.82 Å². The SMILES string of the molecule is [N-]=[N+]=NCCOc1cc(F)ccc1Br. The Labute approximate surface area is 88.4 Å². The Hall–Kier alpha value is -1.26. The van der Waals surface area contributed by atoms with E-state index in [0.717, 1.165) is 0 Å². The number of ether oxygens (including phenoxy) is 1. The first-order chi connectivity index (χ1) is 6.74. The van der Waals surface area contributed by atoms with Gasteiger partial charge in [-0.1, -0.05) is 5.11 Å². The zero-order chi connectivity index (χ0) is 10.4. The number of nitrogens with zero attached hydrogens (tertiary/aromatic N) is 3. The minimum Gasteiger partial charge on any atom is -0.492 e. The van der Waals surface area contributed by atoms with Crippen LogP contribution in [0.25, 0.3) is 10.4 Å². The largest absolute Gasteiger partial charge is 0.492 e. The van der Waals surface area contributed by atoms with Gasteiger partial charge in [0, 0.05) is 11.0 Å². The summed E-state index contributed by atoms with van der Waals surface area (Å²) in [5, 5.41) is 3.29. The third-order valence-electron chi connectivity index (χ3n) is 1.41. The van der Waals surface area contributed by atoms with Crippen LogP contribution in [0.2, 0.25) is 0 Å². The van der Waals surface area contributed by atoms with Gasteiger partial charge in [0.25, 0.3) is 0 Å². The van der Waals surface area contributed by atoms with E-state index >= 15 is 0 Å². The molecule has 1 aromatic carbocycles. The van der Waals surface area contributed by atoms with Crippen LogP contribution in [0.1, 0.15) is 0 Å². The van der Waals surface area contributed by atoms with Gasteiger partial charge in [0.2, 0.25) is 0 Å². The first-order valence-electron chi connectivity index (χ1n) is 3.83. The molecule has 0 saturated carbocycles. The van der Waals surface area contributed by atoms with E-state index in [1.807, 2.05) is 0 Å². The van der Waals surface area contributed by atoms with Crippen LogP contribution < -0.4 is 4.74 Å². The molecule has 0 unspecified atom stereocenters. The van der Waals surface area contributed by atoms with Crippen molar-refractivity contribution in [2.24, 2.45) is 5.11 Å². The third-order valence-corrected chi connectivity index (χ3v) is 2.06. The fourth-order valence-electron chi connectivity index (χ4n) is 0.829. The van der Waals surface area contributed by atoms with E-state index in [0.29, 0.717) is 10.2 Å². The second-order valence-corrected chi connectivity index (χ2v) is 3.23. The Morgan fingerprint density at radius 2 is 2.36 bits per heavy atom. The fraction of sp³-hybridized carbons (Fsp3) is 0.250. The standard InChI is InChI=1S/C8H7BrFN3O/c9-7-2-1-6(10)5-8(7)14-4-3-12-13-11/h1-2,5H,3-4H2. The molecule has 0 N–H and O–H groups in total. The Bertz CT molecular complexity index is 366. The molecule has 0 aromatic heterocycles. The van der Waals surface area contributed by atoms with E-state index in [4.69, 9.17) is 10.3 Å². The maximum Gasteiger partial charge on any atom is 0.136 e. The minimum absolute atomic E-state index is 0.222. The fourth-order valence-corrected chi connectivity index (χ4v) is 1.19. The topological polar surface area (TPSA) is 58.0 Å². The molecule has 1 aromatic rings. The summed E-state index contributed by atoms with van der Waals surface area (Å²) >= 11 is 3.20. The molecule has 0 spiro atoms. The van der Waals surface area contributed by atoms with E-state index in [2.05, 4.69) is 26.0 Å². The summed E-state index contributed by atoms with van der Waals surface area (Å²) in [6, 6.07) is 4.14. The van der Waals surface area contributed by atoms with Crippen molar-refractivity contribution in [2.45, 2.75) is 0 Å². The molecule has 74 valence electrons. The normalized spacial score (nSPS) is 9.29. The molecule has 14 heavy (non-hydrogen) atoms. The molecule has 0 aliphatic rings. The number of hydrogen-bond acceptors (Lipinski definition) is 2. The molecule has 0 aliphatic heterocycles. The van der Waals surface area contributed by atoms with Gasteiger partial charge in [-0.25, -0.2) is 4.39 Å². The van der Waals surface area contributed by atoms with Gasteiger partial charge in [0.15, 0.2) is 0 Å². The first-order valence-corrected chi connectivity index (χ1v) is 4.62. The molecule has 1 rings (SSSR count). The van der Waals surface area contributed by atoms with Crippen LogP contribution in [0.4, 0.5) is 4.39 Å². The molecule has 0 fully saturated rings. The number of halogens is 2. The minimum atomic E-state index is -0.369. The molecule has 6 heteroatoms. The highest BCUT2D eigenvalue weighted by molar-refractivity contribution is 9.10. The van der Waals surface area contributed by atoms with Gasteiger partial charge in [-0.2, -0.15) is 0 Å². The van der Waals surface area contributed by atoms with E-state index in [-0.39, 0.29) is 19.0 Å². The highest BCUT2D eigenvalue weighted by Crippen LogP contribution is 2.25. The summed E-state index contributed by atoms with van der Waals surface area (Å²) in [6.07, 6.45) is 0. The lowest BCUT2D eigenvalue weighted by Crippen LogP contribution is -2.00. The molecule has 0 amide bonds. The van der Waals surface area contributed by atoms with Crippen LogP contribution in [0.3, 0.4) is 0 Å². The van der Waals surface area contributed by atoms with Crippen molar-refractivity contribution in [1.29, 1.82) is 0 Å². The van der Waals surface area contributed by atoms with E-state index in [9.17, 15) is 4.39 Å². The molecule has 0 atom stereocenters. The van der Waals surface area contributed by atoms with Gasteiger partial charge in [0.1, 0.15) is 11.6 Å². The highest BCUT2D eigenvalue weighted by Gasteiger charge is 2.01. The lowest BCUT2D eigenvalue weighted by Gasteiger charge is -2.05. The molecule has 4 nitrogen and oxygen atoms in total. The highest BCUT2D eigenvalue weighted by atomic mass is 79.9. The van der Waals surface area contributed by atoms with Crippen LogP contribution in [0.5, 0.6) is 5.75 Å². The van der Waals surface area contributed by atoms with Gasteiger partial charge >= 0.3 is 0 Å². The molecule has 0 heterocycles. The van der Waals surface area contributed by atoms with Gasteiger partial charge < -0.3 is 4.74 Å². The second-order valence-electron chi connectivity index (χ2n) is 2.38. The van der Waals surface area contributed by atoms with Crippen LogP contribution in [0.15, 0.2) is 27.8 Å². The molecule has 0 radical (unpaired) electrons. The summed E-state index contributed by atoms with van der Waals surface area (Å²) in [5.74, 6) is 0.0325. The van der Waals surface area contributed by atoms with Crippen molar-refractivity contribution in [2.75, 3.05) is 13.2 Å². The van der Waals surface area contributed by atoms with Crippen molar-refractivity contribution >= 4 is 15.9 Å². The van der Waals surface area contributed by atoms with E-state index in [1.54, 1.807) is 6.07 Å². The predicted octanol–water partition coefficient (Wildman–Crippen LogP) is 3.28. The molecule has 0 saturated heterocycles. The Morgan fingerprint density at radius 3 is 3.07 bits per heavy atom. The number of benzene rings is 1. The number of hydrogen-bond donors (Lipinski definition) is 0. The van der Waals surface area contributed by atoms with Crippen LogP contribution in [-0.2, 0) is 0 Å². The summed E-state index contributed by atoms with van der Waals surface area (Å²) in [4.78, 5) is 2.57. The van der Waals surface area contributed by atoms with Crippen molar-refractivity contribution in [1.82, 2.24) is 0 Å². The van der Waals surface area contributed by atoms with Crippen LogP contribution >= 0.6 is 15.9 Å². The predicted molar refractivity (Wildman–Crippen MR) is 53.6 cm³/mol. The third kappa shape index (κ3) is 3.24. The average Bonchev–Trinajstić information content (AvgIpc) is 2.18. The van der Waals surface area contributed by atoms with E-state index < -0.39 is 0 Å². The van der Waals surface area contributed by atoms with Crippen LogP contribution in [-0.4, -0.2) is 13.2 Å². The summed E-state index contributed by atoms with van der Waals surface area (Å²) in [7, 11) is 0. The Morgan fingerprint density at radius 1 is 1.57 bits per heavy atom. The van der Waals surface area contributed by atoms with Gasteiger partial charge in [-0.15, -0.1) is 0 Å². The summed E-state index contributed by atoms with van der Waals surface area (Å²) in [6.45, 7) is 0.450. The second kappa shape index (κ2) is 5.47. The molecule has 0 bridgehead atoms. The van der Waals surface area contributed by atoms with Crippen molar-refractivity contribution < 1.29 is 9.13 Å². The van der Waals surface area contributed by atoms with E-state index in [1.165, 1.54) is 12.1 Å². The molecule has 0 aliphatic carbocycles. The Balaban J connectivity index is 2.57. The Kier molecular flexibility index (Phi) is 4.22. The van der Waals surface area contributed by atoms with Crippen molar-refractivity contribution in [3.05, 3.63) is 38.9 Å². The molecular weight excluding hydrogens is 253 g/mol. The van der Waals surface area contributed by atoms with Crippen molar-refractivity contribution in [3.8, 4) is 5.75 Å². The maximum absolute atomic E-state index is 12.7. The lowest BCUT2D eigenvalue weighted by molar-refractivity contribution is 0.324. The van der Waals surface area contributed by atoms with Gasteiger partial charge in [-0.3, -0.25) is 0 Å². The maximum atomic E-state index is 12.7. The van der Waals surface area contributed by atoms with Gasteiger partial charge in [0.05, 0.1) is 17.6 Å².